The highest BCUT2D eigenvalue weighted by Gasteiger charge is 2.13. The molecule has 0 atom stereocenters. The van der Waals surface area contributed by atoms with Crippen LogP contribution in [-0.4, -0.2) is 31.2 Å². The lowest BCUT2D eigenvalue weighted by atomic mass is 10.2. The zero-order chi connectivity index (χ0) is 14.7. The van der Waals surface area contributed by atoms with Crippen LogP contribution in [0.2, 0.25) is 0 Å². The third-order valence-electron chi connectivity index (χ3n) is 2.87. The predicted octanol–water partition coefficient (Wildman–Crippen LogP) is 1.44. The summed E-state index contributed by atoms with van der Waals surface area (Å²) >= 11 is 1.23. The second kappa shape index (κ2) is 5.83. The summed E-state index contributed by atoms with van der Waals surface area (Å²) in [5, 5.41) is 20.6. The van der Waals surface area contributed by atoms with Crippen LogP contribution in [0.15, 0.2) is 27.6 Å². The number of hydrogen-bond donors (Lipinski definition) is 2. The highest BCUT2D eigenvalue weighted by atomic mass is 32.2. The molecule has 0 spiro atoms. The number of aromatic nitrogens is 4. The summed E-state index contributed by atoms with van der Waals surface area (Å²) in [7, 11) is 0. The van der Waals surface area contributed by atoms with Crippen LogP contribution in [0, 0.1) is 20.8 Å². The van der Waals surface area contributed by atoms with Crippen LogP contribution in [0.1, 0.15) is 22.5 Å². The number of hydrogen-bond acceptors (Lipinski definition) is 7. The molecule has 0 bridgehead atoms. The van der Waals surface area contributed by atoms with E-state index < -0.39 is 0 Å². The lowest BCUT2D eigenvalue weighted by Crippen LogP contribution is -2.15. The van der Waals surface area contributed by atoms with E-state index in [-0.39, 0.29) is 5.84 Å². The van der Waals surface area contributed by atoms with Crippen molar-refractivity contribution >= 4 is 17.6 Å². The molecule has 0 aliphatic carbocycles. The summed E-state index contributed by atoms with van der Waals surface area (Å²) in [6, 6.07) is 1.62. The first-order valence-corrected chi connectivity index (χ1v) is 6.64. The van der Waals surface area contributed by atoms with E-state index in [4.69, 9.17) is 10.9 Å². The third-order valence-corrected chi connectivity index (χ3v) is 3.73. The fraction of sp³-hybridized carbons (Fsp3) is 0.250. The quantitative estimate of drug-likeness (QED) is 0.289. The van der Waals surface area contributed by atoms with Crippen molar-refractivity contribution in [2.24, 2.45) is 10.9 Å². The fourth-order valence-corrected chi connectivity index (χ4v) is 2.43. The van der Waals surface area contributed by atoms with Crippen LogP contribution in [-0.2, 0) is 0 Å². The van der Waals surface area contributed by atoms with Gasteiger partial charge in [-0.3, -0.25) is 0 Å². The molecule has 3 N–H and O–H groups in total. The molecule has 0 radical (unpaired) electrons. The summed E-state index contributed by atoms with van der Waals surface area (Å²) in [6.45, 7) is 5.83. The molecule has 2 aromatic heterocycles. The van der Waals surface area contributed by atoms with Gasteiger partial charge in [0.25, 0.3) is 0 Å². The predicted molar refractivity (Wildman–Crippen MR) is 74.9 cm³/mol. The van der Waals surface area contributed by atoms with Crippen LogP contribution in [0.4, 0.5) is 0 Å². The van der Waals surface area contributed by atoms with E-state index in [1.54, 1.807) is 6.07 Å². The van der Waals surface area contributed by atoms with E-state index in [1.165, 1.54) is 18.0 Å². The minimum atomic E-state index is -0.0250. The van der Waals surface area contributed by atoms with Gasteiger partial charge >= 0.3 is 0 Å². The molecule has 0 fully saturated rings. The highest BCUT2D eigenvalue weighted by Crippen LogP contribution is 2.26. The normalized spacial score (nSPS) is 11.7. The van der Waals surface area contributed by atoms with Gasteiger partial charge in [-0.1, -0.05) is 5.16 Å². The average molecular weight is 290 g/mol. The topological polar surface area (TPSA) is 110 Å². The van der Waals surface area contributed by atoms with E-state index in [1.807, 2.05) is 20.8 Å². The zero-order valence-corrected chi connectivity index (χ0v) is 12.1. The first kappa shape index (κ1) is 14.2. The van der Waals surface area contributed by atoms with Crippen molar-refractivity contribution < 1.29 is 5.21 Å². The van der Waals surface area contributed by atoms with E-state index in [9.17, 15) is 0 Å². The Balaban J connectivity index is 2.41. The van der Waals surface area contributed by atoms with E-state index in [2.05, 4.69) is 25.3 Å². The summed E-state index contributed by atoms with van der Waals surface area (Å²) < 4.78 is 0. The van der Waals surface area contributed by atoms with Crippen LogP contribution >= 0.6 is 11.8 Å². The van der Waals surface area contributed by atoms with Crippen molar-refractivity contribution in [3.63, 3.8) is 0 Å². The van der Waals surface area contributed by atoms with Gasteiger partial charge < -0.3 is 10.9 Å². The molecule has 104 valence electrons. The fourth-order valence-electron chi connectivity index (χ4n) is 1.52. The van der Waals surface area contributed by atoms with Gasteiger partial charge in [-0.25, -0.2) is 9.97 Å². The van der Waals surface area contributed by atoms with Crippen molar-refractivity contribution in [1.29, 1.82) is 0 Å². The lowest BCUT2D eigenvalue weighted by Gasteiger charge is -2.08. The van der Waals surface area contributed by atoms with Crippen molar-refractivity contribution in [3.8, 4) is 0 Å². The first-order chi connectivity index (χ1) is 9.52. The molecule has 0 aliphatic rings. The molecule has 2 heterocycles. The van der Waals surface area contributed by atoms with Gasteiger partial charge in [0.1, 0.15) is 5.03 Å². The van der Waals surface area contributed by atoms with Gasteiger partial charge in [-0.15, -0.1) is 5.10 Å². The lowest BCUT2D eigenvalue weighted by molar-refractivity contribution is 0.318. The number of amidine groups is 1. The zero-order valence-electron chi connectivity index (χ0n) is 11.3. The second-order valence-corrected chi connectivity index (χ2v) is 5.10. The molecular weight excluding hydrogens is 276 g/mol. The SMILES string of the molecule is Cc1nc(Sc2nnccc2/C(N)=N/O)nc(C)c1C. The minimum absolute atomic E-state index is 0.0250. The molecule has 0 amide bonds. The summed E-state index contributed by atoms with van der Waals surface area (Å²) in [5.41, 5.74) is 8.99. The summed E-state index contributed by atoms with van der Waals surface area (Å²) in [4.78, 5) is 8.79. The molecule has 20 heavy (non-hydrogen) atoms. The average Bonchev–Trinajstić information content (AvgIpc) is 2.44. The second-order valence-electron chi connectivity index (χ2n) is 4.14. The first-order valence-electron chi connectivity index (χ1n) is 5.82. The van der Waals surface area contributed by atoms with E-state index in [0.717, 1.165) is 17.0 Å². The van der Waals surface area contributed by atoms with Gasteiger partial charge in [-0.05, 0) is 44.2 Å². The molecule has 0 aliphatic heterocycles. The largest absolute Gasteiger partial charge is 0.409 e. The Kier molecular flexibility index (Phi) is 4.14. The van der Waals surface area contributed by atoms with Gasteiger partial charge in [-0.2, -0.15) is 5.10 Å². The van der Waals surface area contributed by atoms with Crippen LogP contribution in [0.25, 0.3) is 0 Å². The monoisotopic (exact) mass is 290 g/mol. The van der Waals surface area contributed by atoms with Crippen LogP contribution in [0.5, 0.6) is 0 Å². The third kappa shape index (κ3) is 2.85. The molecule has 8 heteroatoms. The summed E-state index contributed by atoms with van der Waals surface area (Å²) in [5.74, 6) is -0.0250. The summed E-state index contributed by atoms with van der Waals surface area (Å²) in [6.07, 6.45) is 1.48. The Morgan fingerprint density at radius 1 is 1.25 bits per heavy atom. The van der Waals surface area contributed by atoms with Crippen LogP contribution < -0.4 is 5.73 Å². The molecule has 0 aromatic carbocycles. The van der Waals surface area contributed by atoms with Gasteiger partial charge in [0.05, 0.1) is 11.8 Å². The molecule has 0 saturated carbocycles. The number of nitrogens with two attached hydrogens (primary N) is 1. The maximum absolute atomic E-state index is 8.78. The molecule has 0 saturated heterocycles. The number of oxime groups is 1. The Hall–Kier alpha value is -2.22. The maximum atomic E-state index is 8.78. The molecule has 7 nitrogen and oxygen atoms in total. The number of nitrogens with zero attached hydrogens (tertiary/aromatic N) is 5. The van der Waals surface area contributed by atoms with Crippen LogP contribution in [0.3, 0.4) is 0 Å². The Morgan fingerprint density at radius 3 is 2.50 bits per heavy atom. The number of rotatable bonds is 3. The molecule has 2 rings (SSSR count). The molecule has 0 unspecified atom stereocenters. The van der Waals surface area contributed by atoms with Crippen molar-refractivity contribution in [2.75, 3.05) is 0 Å². The van der Waals surface area contributed by atoms with Crippen molar-refractivity contribution in [2.45, 2.75) is 31.0 Å². The van der Waals surface area contributed by atoms with Crippen molar-refractivity contribution in [1.82, 2.24) is 20.2 Å². The highest BCUT2D eigenvalue weighted by molar-refractivity contribution is 7.99. The Bertz CT molecular complexity index is 650. The molecular formula is C12H14N6OS. The van der Waals surface area contributed by atoms with Gasteiger partial charge in [0, 0.05) is 11.4 Å². The minimum Gasteiger partial charge on any atom is -0.409 e. The smallest absolute Gasteiger partial charge is 0.194 e. The van der Waals surface area contributed by atoms with Gasteiger partial charge in [0.15, 0.2) is 11.0 Å². The van der Waals surface area contributed by atoms with E-state index in [0.29, 0.717) is 15.7 Å². The molecule has 2 aromatic rings. The Morgan fingerprint density at radius 2 is 1.90 bits per heavy atom. The standard InChI is InChI=1S/C12H14N6OS/c1-6-7(2)15-12(16-8(6)3)20-11-9(10(13)18-19)4-5-14-17-11/h4-5,19H,1-3H3,(H2,13,18). The van der Waals surface area contributed by atoms with Crippen molar-refractivity contribution in [3.05, 3.63) is 34.8 Å². The number of aryl methyl sites for hydroxylation is 2. The van der Waals surface area contributed by atoms with E-state index >= 15 is 0 Å². The Labute approximate surface area is 120 Å². The maximum Gasteiger partial charge on any atom is 0.194 e. The van der Waals surface area contributed by atoms with Gasteiger partial charge in [0.2, 0.25) is 0 Å².